The number of nitrogen functional groups attached to an aromatic ring is 1. The SMILES string of the molecule is Nc1nnc(Sc2c([N+](=O)[O-])c(=O)oc3ccccc23)s1. The van der Waals surface area contributed by atoms with Crippen molar-refractivity contribution in [1.82, 2.24) is 10.2 Å². The van der Waals surface area contributed by atoms with Crippen molar-refractivity contribution in [2.75, 3.05) is 5.73 Å². The maximum Gasteiger partial charge on any atom is 0.416 e. The molecule has 8 nitrogen and oxygen atoms in total. The van der Waals surface area contributed by atoms with Gasteiger partial charge in [0.2, 0.25) is 5.13 Å². The monoisotopic (exact) mass is 322 g/mol. The van der Waals surface area contributed by atoms with E-state index in [9.17, 15) is 14.9 Å². The first kappa shape index (κ1) is 13.5. The summed E-state index contributed by atoms with van der Waals surface area (Å²) < 4.78 is 5.38. The lowest BCUT2D eigenvalue weighted by Gasteiger charge is -2.03. The van der Waals surface area contributed by atoms with Crippen LogP contribution in [0.1, 0.15) is 0 Å². The fourth-order valence-corrected chi connectivity index (χ4v) is 3.53. The van der Waals surface area contributed by atoms with Gasteiger partial charge in [-0.3, -0.25) is 10.1 Å². The van der Waals surface area contributed by atoms with E-state index in [4.69, 9.17) is 10.2 Å². The van der Waals surface area contributed by atoms with E-state index >= 15 is 0 Å². The van der Waals surface area contributed by atoms with Crippen molar-refractivity contribution in [2.45, 2.75) is 9.24 Å². The zero-order chi connectivity index (χ0) is 15.0. The molecule has 0 saturated carbocycles. The molecule has 0 aliphatic rings. The normalized spacial score (nSPS) is 10.9. The first-order chi connectivity index (χ1) is 10.1. The lowest BCUT2D eigenvalue weighted by atomic mass is 10.2. The van der Waals surface area contributed by atoms with Gasteiger partial charge in [0.05, 0.1) is 4.92 Å². The smallest absolute Gasteiger partial charge is 0.416 e. The first-order valence-electron chi connectivity index (χ1n) is 5.53. The van der Waals surface area contributed by atoms with E-state index in [1.54, 1.807) is 24.3 Å². The van der Waals surface area contributed by atoms with Crippen molar-refractivity contribution in [3.05, 3.63) is 44.8 Å². The van der Waals surface area contributed by atoms with Crippen LogP contribution < -0.4 is 11.4 Å². The maximum absolute atomic E-state index is 11.8. The van der Waals surface area contributed by atoms with Crippen molar-refractivity contribution < 1.29 is 9.34 Å². The number of rotatable bonds is 3. The number of nitrogens with two attached hydrogens (primary N) is 1. The van der Waals surface area contributed by atoms with E-state index in [1.165, 1.54) is 0 Å². The van der Waals surface area contributed by atoms with E-state index < -0.39 is 16.2 Å². The third-order valence-corrected chi connectivity index (χ3v) is 4.46. The largest absolute Gasteiger partial charge is 0.418 e. The molecule has 2 N–H and O–H groups in total. The quantitative estimate of drug-likeness (QED) is 0.442. The van der Waals surface area contributed by atoms with Crippen LogP contribution in [0.3, 0.4) is 0 Å². The van der Waals surface area contributed by atoms with Crippen molar-refractivity contribution in [1.29, 1.82) is 0 Å². The zero-order valence-electron chi connectivity index (χ0n) is 10.2. The summed E-state index contributed by atoms with van der Waals surface area (Å²) in [5.74, 6) is 0. The number of anilines is 1. The highest BCUT2D eigenvalue weighted by Crippen LogP contribution is 2.39. The molecule has 2 heterocycles. The summed E-state index contributed by atoms with van der Waals surface area (Å²) in [4.78, 5) is 22.4. The van der Waals surface area contributed by atoms with E-state index in [1.807, 2.05) is 0 Å². The second-order valence-corrected chi connectivity index (χ2v) is 6.10. The van der Waals surface area contributed by atoms with Gasteiger partial charge in [-0.15, -0.1) is 10.2 Å². The van der Waals surface area contributed by atoms with Crippen molar-refractivity contribution in [2.24, 2.45) is 0 Å². The molecule has 0 aliphatic carbocycles. The van der Waals surface area contributed by atoms with Crippen molar-refractivity contribution in [3.8, 4) is 0 Å². The van der Waals surface area contributed by atoms with Crippen molar-refractivity contribution in [3.63, 3.8) is 0 Å². The predicted octanol–water partition coefficient (Wildman–Crippen LogP) is 2.29. The predicted molar refractivity (Wildman–Crippen MR) is 77.6 cm³/mol. The van der Waals surface area contributed by atoms with Gasteiger partial charge < -0.3 is 10.2 Å². The van der Waals surface area contributed by atoms with Crippen molar-refractivity contribution >= 4 is 44.9 Å². The number of hydrogen-bond donors (Lipinski definition) is 1. The molecule has 0 bridgehead atoms. The number of fused-ring (bicyclic) bond motifs is 1. The topological polar surface area (TPSA) is 125 Å². The van der Waals surface area contributed by atoms with E-state index in [0.29, 0.717) is 9.73 Å². The molecule has 10 heteroatoms. The molecule has 0 atom stereocenters. The van der Waals surface area contributed by atoms with Crippen LogP contribution in [0.15, 0.2) is 42.7 Å². The molecule has 3 rings (SSSR count). The third-order valence-electron chi connectivity index (χ3n) is 2.54. The molecule has 3 aromatic rings. The molecule has 0 saturated heterocycles. The Kier molecular flexibility index (Phi) is 3.31. The molecule has 0 unspecified atom stereocenters. The molecule has 21 heavy (non-hydrogen) atoms. The van der Waals surface area contributed by atoms with Crippen LogP contribution in [0, 0.1) is 10.1 Å². The third kappa shape index (κ3) is 2.45. The molecule has 1 aromatic carbocycles. The van der Waals surface area contributed by atoms with E-state index in [0.717, 1.165) is 23.1 Å². The molecule has 0 fully saturated rings. The number of benzene rings is 1. The van der Waals surface area contributed by atoms with Gasteiger partial charge in [-0.05, 0) is 23.9 Å². The first-order valence-corrected chi connectivity index (χ1v) is 7.16. The van der Waals surface area contributed by atoms with Gasteiger partial charge in [0.25, 0.3) is 0 Å². The van der Waals surface area contributed by atoms with Gasteiger partial charge in [-0.25, -0.2) is 4.79 Å². The highest BCUT2D eigenvalue weighted by molar-refractivity contribution is 8.01. The summed E-state index contributed by atoms with van der Waals surface area (Å²) in [6.07, 6.45) is 0. The summed E-state index contributed by atoms with van der Waals surface area (Å²) in [6, 6.07) is 6.58. The molecule has 106 valence electrons. The average molecular weight is 322 g/mol. The van der Waals surface area contributed by atoms with Crippen LogP contribution in [0.4, 0.5) is 10.8 Å². The molecule has 0 aliphatic heterocycles. The fourth-order valence-electron chi connectivity index (χ4n) is 1.72. The number of para-hydroxylation sites is 1. The Labute approximate surface area is 124 Å². The molecule has 2 aromatic heterocycles. The molecular formula is C11H6N4O4S2. The molecule has 0 amide bonds. The Balaban J connectivity index is 2.28. The summed E-state index contributed by atoms with van der Waals surface area (Å²) in [5, 5.41) is 19.3. The summed E-state index contributed by atoms with van der Waals surface area (Å²) in [6.45, 7) is 0. The zero-order valence-corrected chi connectivity index (χ0v) is 11.8. The van der Waals surface area contributed by atoms with Gasteiger partial charge in [0.1, 0.15) is 10.5 Å². The minimum Gasteiger partial charge on any atom is -0.418 e. The Hall–Kier alpha value is -2.46. The minimum atomic E-state index is -1.00. The molecule has 0 spiro atoms. The lowest BCUT2D eigenvalue weighted by molar-refractivity contribution is -0.390. The van der Waals surface area contributed by atoms with Gasteiger partial charge in [-0.1, -0.05) is 23.5 Å². The van der Waals surface area contributed by atoms with Gasteiger partial charge >= 0.3 is 11.3 Å². The summed E-state index contributed by atoms with van der Waals surface area (Å²) >= 11 is 2.05. The second-order valence-electron chi connectivity index (χ2n) is 3.83. The van der Waals surface area contributed by atoms with E-state index in [-0.39, 0.29) is 15.6 Å². The van der Waals surface area contributed by atoms with Crippen LogP contribution in [0.25, 0.3) is 11.0 Å². The van der Waals surface area contributed by atoms with Crippen LogP contribution in [-0.4, -0.2) is 15.1 Å². The van der Waals surface area contributed by atoms with E-state index in [2.05, 4.69) is 10.2 Å². The average Bonchev–Trinajstić information content (AvgIpc) is 2.83. The Morgan fingerprint density at radius 1 is 1.33 bits per heavy atom. The fraction of sp³-hybridized carbons (Fsp3) is 0. The Morgan fingerprint density at radius 2 is 2.10 bits per heavy atom. The summed E-state index contributed by atoms with van der Waals surface area (Å²) in [7, 11) is 0. The second kappa shape index (κ2) is 5.14. The van der Waals surface area contributed by atoms with Gasteiger partial charge in [0, 0.05) is 5.39 Å². The lowest BCUT2D eigenvalue weighted by Crippen LogP contribution is -2.08. The van der Waals surface area contributed by atoms with Gasteiger partial charge in [-0.2, -0.15) is 0 Å². The highest BCUT2D eigenvalue weighted by atomic mass is 32.2. The minimum absolute atomic E-state index is 0.169. The standard InChI is InChI=1S/C11H6N4O4S2/c12-10-13-14-11(21-10)20-8-5-3-1-2-4-6(5)19-9(16)7(8)15(17)18/h1-4H,(H2,12,13). The maximum atomic E-state index is 11.8. The number of hydrogen-bond acceptors (Lipinski definition) is 9. The van der Waals surface area contributed by atoms with Crippen LogP contribution in [-0.2, 0) is 0 Å². The van der Waals surface area contributed by atoms with Crippen LogP contribution >= 0.6 is 23.1 Å². The number of nitro groups is 1. The van der Waals surface area contributed by atoms with Crippen LogP contribution in [0.5, 0.6) is 0 Å². The molecule has 0 radical (unpaired) electrons. The molecular weight excluding hydrogens is 316 g/mol. The number of nitrogens with zero attached hydrogens (tertiary/aromatic N) is 3. The highest BCUT2D eigenvalue weighted by Gasteiger charge is 2.26. The Morgan fingerprint density at radius 3 is 2.76 bits per heavy atom. The Bertz CT molecular complexity index is 905. The number of aromatic nitrogens is 2. The van der Waals surface area contributed by atoms with Crippen LogP contribution in [0.2, 0.25) is 0 Å². The summed E-state index contributed by atoms with van der Waals surface area (Å²) in [5.41, 5.74) is 4.14. The van der Waals surface area contributed by atoms with Gasteiger partial charge in [0.15, 0.2) is 4.34 Å².